The van der Waals surface area contributed by atoms with Crippen LogP contribution in [0, 0.1) is 0 Å². The lowest BCUT2D eigenvalue weighted by molar-refractivity contribution is -0.132. The molecule has 18 heavy (non-hydrogen) atoms. The van der Waals surface area contributed by atoms with Gasteiger partial charge in [-0.3, -0.25) is 9.59 Å². The normalized spacial score (nSPS) is 12.3. The first kappa shape index (κ1) is 16.9. The molecule has 0 heterocycles. The maximum Gasteiger partial charge on any atom is 0.239 e. The molecule has 0 fully saturated rings. The second-order valence-corrected chi connectivity index (χ2v) is 4.66. The van der Waals surface area contributed by atoms with Gasteiger partial charge in [-0.05, 0) is 34.6 Å². The first-order valence-corrected chi connectivity index (χ1v) is 6.73. The first-order valence-electron chi connectivity index (χ1n) is 6.73. The molecule has 0 saturated heterocycles. The van der Waals surface area contributed by atoms with E-state index < -0.39 is 0 Å². The van der Waals surface area contributed by atoms with Crippen molar-refractivity contribution in [1.29, 1.82) is 0 Å². The molecular weight excluding hydrogens is 230 g/mol. The van der Waals surface area contributed by atoms with E-state index in [0.29, 0.717) is 13.0 Å². The Bertz CT molecular complexity index is 263. The van der Waals surface area contributed by atoms with Gasteiger partial charge in [0.2, 0.25) is 11.8 Å². The molecule has 0 aromatic heterocycles. The summed E-state index contributed by atoms with van der Waals surface area (Å²) in [5.74, 6) is 0.101. The Hall–Kier alpha value is -1.10. The van der Waals surface area contributed by atoms with Crippen molar-refractivity contribution in [1.82, 2.24) is 15.5 Å². The van der Waals surface area contributed by atoms with E-state index in [1.54, 1.807) is 4.90 Å². The lowest BCUT2D eigenvalue weighted by atomic mass is 10.2. The summed E-state index contributed by atoms with van der Waals surface area (Å²) in [4.78, 5) is 25.1. The highest BCUT2D eigenvalue weighted by Gasteiger charge is 2.17. The standard InChI is InChI=1S/C13H27N3O2/c1-6-16(7-2)13(18)11(5)14-9-8-12(17)15-10(3)4/h10-11,14H,6-9H2,1-5H3,(H,15,17). The summed E-state index contributed by atoms with van der Waals surface area (Å²) < 4.78 is 0. The highest BCUT2D eigenvalue weighted by molar-refractivity contribution is 5.81. The molecule has 1 atom stereocenters. The zero-order valence-corrected chi connectivity index (χ0v) is 12.2. The molecule has 0 radical (unpaired) electrons. The first-order chi connectivity index (χ1) is 8.42. The summed E-state index contributed by atoms with van der Waals surface area (Å²) in [6.45, 7) is 11.6. The molecule has 1 unspecified atom stereocenters. The van der Waals surface area contributed by atoms with Crippen LogP contribution in [0.1, 0.15) is 41.0 Å². The number of hydrogen-bond donors (Lipinski definition) is 2. The molecule has 5 heteroatoms. The van der Waals surface area contributed by atoms with Crippen molar-refractivity contribution >= 4 is 11.8 Å². The summed E-state index contributed by atoms with van der Waals surface area (Å²) >= 11 is 0. The molecule has 106 valence electrons. The van der Waals surface area contributed by atoms with E-state index in [-0.39, 0.29) is 23.9 Å². The summed E-state index contributed by atoms with van der Waals surface area (Å²) in [7, 11) is 0. The zero-order valence-electron chi connectivity index (χ0n) is 12.2. The lowest BCUT2D eigenvalue weighted by Gasteiger charge is -2.23. The van der Waals surface area contributed by atoms with Gasteiger partial charge in [-0.25, -0.2) is 0 Å². The summed E-state index contributed by atoms with van der Waals surface area (Å²) in [5, 5.41) is 5.90. The maximum atomic E-state index is 11.9. The van der Waals surface area contributed by atoms with Crippen LogP contribution < -0.4 is 10.6 Å². The third-order valence-corrected chi connectivity index (χ3v) is 2.70. The van der Waals surface area contributed by atoms with Crippen LogP contribution in [-0.2, 0) is 9.59 Å². The van der Waals surface area contributed by atoms with E-state index in [1.165, 1.54) is 0 Å². The van der Waals surface area contributed by atoms with Gasteiger partial charge in [0.1, 0.15) is 0 Å². The number of carbonyl (C=O) groups excluding carboxylic acids is 2. The minimum atomic E-state index is -0.239. The van der Waals surface area contributed by atoms with Gasteiger partial charge in [0.15, 0.2) is 0 Å². The summed E-state index contributed by atoms with van der Waals surface area (Å²) in [6, 6.07) is -0.0796. The van der Waals surface area contributed by atoms with Crippen molar-refractivity contribution in [2.24, 2.45) is 0 Å². The van der Waals surface area contributed by atoms with Crippen molar-refractivity contribution in [2.75, 3.05) is 19.6 Å². The fraction of sp³-hybridized carbons (Fsp3) is 0.846. The van der Waals surface area contributed by atoms with Gasteiger partial charge in [-0.15, -0.1) is 0 Å². The van der Waals surface area contributed by atoms with E-state index in [1.807, 2.05) is 34.6 Å². The van der Waals surface area contributed by atoms with E-state index in [9.17, 15) is 9.59 Å². The minimum Gasteiger partial charge on any atom is -0.354 e. The largest absolute Gasteiger partial charge is 0.354 e. The van der Waals surface area contributed by atoms with Crippen LogP contribution in [-0.4, -0.2) is 48.4 Å². The van der Waals surface area contributed by atoms with E-state index in [0.717, 1.165) is 13.1 Å². The SMILES string of the molecule is CCN(CC)C(=O)C(C)NCCC(=O)NC(C)C. The Morgan fingerprint density at radius 2 is 1.67 bits per heavy atom. The number of nitrogens with one attached hydrogen (secondary N) is 2. The second-order valence-electron chi connectivity index (χ2n) is 4.66. The van der Waals surface area contributed by atoms with Gasteiger partial charge in [0.05, 0.1) is 6.04 Å². The highest BCUT2D eigenvalue weighted by Crippen LogP contribution is 1.95. The molecule has 5 nitrogen and oxygen atoms in total. The third-order valence-electron chi connectivity index (χ3n) is 2.70. The maximum absolute atomic E-state index is 11.9. The summed E-state index contributed by atoms with van der Waals surface area (Å²) in [6.07, 6.45) is 0.397. The molecule has 2 amide bonds. The third kappa shape index (κ3) is 6.59. The average Bonchev–Trinajstić information content (AvgIpc) is 2.29. The Balaban J connectivity index is 3.92. The van der Waals surface area contributed by atoms with Gasteiger partial charge in [-0.2, -0.15) is 0 Å². The number of carbonyl (C=O) groups is 2. The van der Waals surface area contributed by atoms with Crippen LogP contribution in [0.2, 0.25) is 0 Å². The molecule has 0 rings (SSSR count). The Morgan fingerprint density at radius 1 is 1.11 bits per heavy atom. The molecule has 0 aliphatic rings. The average molecular weight is 257 g/mol. The van der Waals surface area contributed by atoms with Crippen molar-refractivity contribution < 1.29 is 9.59 Å². The van der Waals surface area contributed by atoms with Gasteiger partial charge in [-0.1, -0.05) is 0 Å². The fourth-order valence-corrected chi connectivity index (χ4v) is 1.69. The Kier molecular flexibility index (Phi) is 8.37. The highest BCUT2D eigenvalue weighted by atomic mass is 16.2. The number of hydrogen-bond acceptors (Lipinski definition) is 3. The number of nitrogens with zero attached hydrogens (tertiary/aromatic N) is 1. The molecule has 0 aromatic rings. The number of likely N-dealkylation sites (N-methyl/N-ethyl adjacent to an activating group) is 1. The predicted molar refractivity (Wildman–Crippen MR) is 73.3 cm³/mol. The van der Waals surface area contributed by atoms with Gasteiger partial charge < -0.3 is 15.5 Å². The fourth-order valence-electron chi connectivity index (χ4n) is 1.69. The molecule has 0 aromatic carbocycles. The van der Waals surface area contributed by atoms with Crippen LogP contribution in [0.5, 0.6) is 0 Å². The predicted octanol–water partition coefficient (Wildman–Crippen LogP) is 0.748. The van der Waals surface area contributed by atoms with Crippen molar-refractivity contribution in [3.05, 3.63) is 0 Å². The van der Waals surface area contributed by atoms with Crippen LogP contribution in [0.4, 0.5) is 0 Å². The molecule has 0 aliphatic heterocycles. The van der Waals surface area contributed by atoms with Crippen LogP contribution in [0.15, 0.2) is 0 Å². The molecule has 0 bridgehead atoms. The molecular formula is C13H27N3O2. The van der Waals surface area contributed by atoms with Crippen molar-refractivity contribution in [3.8, 4) is 0 Å². The van der Waals surface area contributed by atoms with Gasteiger partial charge >= 0.3 is 0 Å². The van der Waals surface area contributed by atoms with E-state index >= 15 is 0 Å². The molecule has 0 saturated carbocycles. The van der Waals surface area contributed by atoms with Gasteiger partial charge in [0, 0.05) is 32.1 Å². The zero-order chi connectivity index (χ0) is 14.1. The lowest BCUT2D eigenvalue weighted by Crippen LogP contribution is -2.45. The van der Waals surface area contributed by atoms with Crippen LogP contribution in [0.25, 0.3) is 0 Å². The van der Waals surface area contributed by atoms with Crippen LogP contribution >= 0.6 is 0 Å². The Morgan fingerprint density at radius 3 is 2.11 bits per heavy atom. The monoisotopic (exact) mass is 257 g/mol. The number of amides is 2. The topological polar surface area (TPSA) is 61.4 Å². The van der Waals surface area contributed by atoms with Crippen molar-refractivity contribution in [2.45, 2.75) is 53.1 Å². The van der Waals surface area contributed by atoms with E-state index in [2.05, 4.69) is 10.6 Å². The number of rotatable bonds is 8. The summed E-state index contributed by atoms with van der Waals surface area (Å²) in [5.41, 5.74) is 0. The Labute approximate surface area is 110 Å². The van der Waals surface area contributed by atoms with Gasteiger partial charge in [0.25, 0.3) is 0 Å². The van der Waals surface area contributed by atoms with Crippen LogP contribution in [0.3, 0.4) is 0 Å². The smallest absolute Gasteiger partial charge is 0.239 e. The van der Waals surface area contributed by atoms with E-state index in [4.69, 9.17) is 0 Å². The molecule has 0 spiro atoms. The second kappa shape index (κ2) is 8.91. The molecule has 0 aliphatic carbocycles. The minimum absolute atomic E-state index is 0.0139. The quantitative estimate of drug-likeness (QED) is 0.674. The molecule has 2 N–H and O–H groups in total. The van der Waals surface area contributed by atoms with Crippen molar-refractivity contribution in [3.63, 3.8) is 0 Å².